The Hall–Kier alpha value is -1.63. The van der Waals surface area contributed by atoms with Crippen molar-refractivity contribution in [2.45, 2.75) is 57.0 Å². The first kappa shape index (κ1) is 17.5. The number of thiazole rings is 1. The predicted octanol–water partition coefficient (Wildman–Crippen LogP) is 2.27. The number of fused-ring (bicyclic) bond motifs is 4. The van der Waals surface area contributed by atoms with E-state index < -0.39 is 0 Å². The number of anilines is 1. The second-order valence-corrected chi connectivity index (χ2v) is 9.55. The van der Waals surface area contributed by atoms with Gasteiger partial charge in [0, 0.05) is 49.6 Å². The van der Waals surface area contributed by atoms with Gasteiger partial charge in [-0.05, 0) is 43.9 Å². The van der Waals surface area contributed by atoms with Crippen LogP contribution in [-0.2, 0) is 9.59 Å². The van der Waals surface area contributed by atoms with Crippen LogP contribution in [0.5, 0.6) is 0 Å². The van der Waals surface area contributed by atoms with Crippen LogP contribution in [0.15, 0.2) is 11.6 Å². The van der Waals surface area contributed by atoms with Crippen LogP contribution in [0.2, 0.25) is 0 Å². The quantitative estimate of drug-likeness (QED) is 0.859. The molecule has 27 heavy (non-hydrogen) atoms. The van der Waals surface area contributed by atoms with Crippen LogP contribution in [0, 0.1) is 17.8 Å². The number of nitrogens with zero attached hydrogens (tertiary/aromatic N) is 3. The minimum Gasteiger partial charge on any atom is -0.354 e. The van der Waals surface area contributed by atoms with E-state index in [1.165, 1.54) is 12.8 Å². The van der Waals surface area contributed by atoms with Gasteiger partial charge in [0.05, 0.1) is 6.04 Å². The van der Waals surface area contributed by atoms with Crippen molar-refractivity contribution < 1.29 is 9.59 Å². The zero-order valence-electron chi connectivity index (χ0n) is 15.7. The van der Waals surface area contributed by atoms with Gasteiger partial charge in [-0.3, -0.25) is 9.59 Å². The monoisotopic (exact) mass is 388 g/mol. The molecule has 0 spiro atoms. The van der Waals surface area contributed by atoms with Crippen molar-refractivity contribution >= 4 is 28.3 Å². The van der Waals surface area contributed by atoms with Gasteiger partial charge in [-0.15, -0.1) is 11.3 Å². The Morgan fingerprint density at radius 3 is 2.81 bits per heavy atom. The Morgan fingerprint density at radius 1 is 1.22 bits per heavy atom. The van der Waals surface area contributed by atoms with E-state index in [0.29, 0.717) is 36.8 Å². The maximum absolute atomic E-state index is 12.8. The fourth-order valence-corrected chi connectivity index (χ4v) is 6.25. The maximum Gasteiger partial charge on any atom is 0.223 e. The summed E-state index contributed by atoms with van der Waals surface area (Å²) in [4.78, 5) is 34.3. The molecule has 2 amide bonds. The third-order valence-electron chi connectivity index (χ3n) is 7.15. The van der Waals surface area contributed by atoms with Crippen LogP contribution in [0.1, 0.15) is 44.9 Å². The van der Waals surface area contributed by atoms with Crippen LogP contribution in [0.4, 0.5) is 5.13 Å². The summed E-state index contributed by atoms with van der Waals surface area (Å²) in [6.45, 7) is 2.55. The fraction of sp³-hybridized carbons (Fsp3) is 0.750. The number of hydrogen-bond acceptors (Lipinski definition) is 5. The SMILES string of the molecule is O=C(NC[C@H]1[C@H]2C[C@H](CN(c3nccs3)C2)[C@@H]2CCCC(=O)N21)C1CCC1. The van der Waals surface area contributed by atoms with E-state index >= 15 is 0 Å². The normalized spacial score (nSPS) is 33.4. The summed E-state index contributed by atoms with van der Waals surface area (Å²) in [6.07, 6.45) is 9.01. The number of hydrogen-bond donors (Lipinski definition) is 1. The Bertz CT molecular complexity index is 705. The largest absolute Gasteiger partial charge is 0.354 e. The van der Waals surface area contributed by atoms with E-state index in [1.54, 1.807) is 11.3 Å². The summed E-state index contributed by atoms with van der Waals surface area (Å²) in [5, 5.41) is 6.33. The average molecular weight is 389 g/mol. The molecule has 6 nitrogen and oxygen atoms in total. The molecule has 7 heteroatoms. The number of nitrogens with one attached hydrogen (secondary N) is 1. The van der Waals surface area contributed by atoms with Gasteiger partial charge in [0.15, 0.2) is 5.13 Å². The third kappa shape index (κ3) is 3.13. The van der Waals surface area contributed by atoms with Gasteiger partial charge in [-0.2, -0.15) is 0 Å². The van der Waals surface area contributed by atoms with Crippen molar-refractivity contribution in [3.05, 3.63) is 11.6 Å². The first-order chi connectivity index (χ1) is 13.2. The zero-order valence-corrected chi connectivity index (χ0v) is 16.5. The molecule has 4 aliphatic rings. The lowest BCUT2D eigenvalue weighted by Crippen LogP contribution is -2.67. The second-order valence-electron chi connectivity index (χ2n) is 8.68. The molecule has 146 valence electrons. The Morgan fingerprint density at radius 2 is 2.07 bits per heavy atom. The molecule has 0 unspecified atom stereocenters. The average Bonchev–Trinajstić information content (AvgIpc) is 3.15. The molecule has 3 aliphatic heterocycles. The number of rotatable bonds is 4. The lowest BCUT2D eigenvalue weighted by Gasteiger charge is -2.56. The third-order valence-corrected chi connectivity index (χ3v) is 7.98. The van der Waals surface area contributed by atoms with Crippen molar-refractivity contribution in [3.8, 4) is 0 Å². The summed E-state index contributed by atoms with van der Waals surface area (Å²) in [7, 11) is 0. The van der Waals surface area contributed by atoms with Crippen LogP contribution in [0.25, 0.3) is 0 Å². The van der Waals surface area contributed by atoms with E-state index in [2.05, 4.69) is 20.1 Å². The lowest BCUT2D eigenvalue weighted by molar-refractivity contribution is -0.149. The smallest absolute Gasteiger partial charge is 0.223 e. The first-order valence-corrected chi connectivity index (χ1v) is 11.3. The molecule has 5 rings (SSSR count). The highest BCUT2D eigenvalue weighted by atomic mass is 32.1. The molecule has 3 saturated heterocycles. The van der Waals surface area contributed by atoms with Gasteiger partial charge < -0.3 is 15.1 Å². The van der Waals surface area contributed by atoms with Crippen molar-refractivity contribution in [2.75, 3.05) is 24.5 Å². The highest BCUT2D eigenvalue weighted by Gasteiger charge is 2.49. The molecule has 1 aromatic heterocycles. The van der Waals surface area contributed by atoms with Gasteiger partial charge in [0.2, 0.25) is 11.8 Å². The molecule has 1 aliphatic carbocycles. The second kappa shape index (κ2) is 7.08. The fourth-order valence-electron chi connectivity index (χ4n) is 5.59. The molecule has 2 bridgehead atoms. The molecule has 1 aromatic rings. The molecular weight excluding hydrogens is 360 g/mol. The highest BCUT2D eigenvalue weighted by molar-refractivity contribution is 7.13. The topological polar surface area (TPSA) is 65.5 Å². The van der Waals surface area contributed by atoms with Gasteiger partial charge in [-0.25, -0.2) is 4.98 Å². The minimum absolute atomic E-state index is 0.130. The van der Waals surface area contributed by atoms with E-state index in [9.17, 15) is 9.59 Å². The summed E-state index contributed by atoms with van der Waals surface area (Å²) in [5.74, 6) is 1.62. The summed E-state index contributed by atoms with van der Waals surface area (Å²) < 4.78 is 0. The standard InChI is InChI=1S/C20H28N4O2S/c25-18-6-2-5-16-14-9-15(12-23(11-14)20-21-7-8-27-20)17(24(16)18)10-22-19(26)13-3-1-4-13/h7-8,13-17H,1-6,9-12H2,(H,22,26)/t14-,15+,16+,17+/m1/s1. The van der Waals surface area contributed by atoms with E-state index in [1.807, 2.05) is 11.6 Å². The van der Waals surface area contributed by atoms with Crippen molar-refractivity contribution in [1.82, 2.24) is 15.2 Å². The van der Waals surface area contributed by atoms with Crippen LogP contribution < -0.4 is 10.2 Å². The number of aromatic nitrogens is 1. The summed E-state index contributed by atoms with van der Waals surface area (Å²) in [6, 6.07) is 0.460. The molecule has 1 N–H and O–H groups in total. The molecule has 1 saturated carbocycles. The van der Waals surface area contributed by atoms with Crippen molar-refractivity contribution in [1.29, 1.82) is 0 Å². The minimum atomic E-state index is 0.130. The zero-order chi connectivity index (χ0) is 18.4. The van der Waals surface area contributed by atoms with E-state index in [4.69, 9.17) is 0 Å². The van der Waals surface area contributed by atoms with E-state index in [-0.39, 0.29) is 17.9 Å². The summed E-state index contributed by atoms with van der Waals surface area (Å²) in [5.41, 5.74) is 0. The molecular formula is C20H28N4O2S. The molecule has 0 radical (unpaired) electrons. The first-order valence-electron chi connectivity index (χ1n) is 10.4. The van der Waals surface area contributed by atoms with Gasteiger partial charge >= 0.3 is 0 Å². The van der Waals surface area contributed by atoms with Crippen LogP contribution in [0.3, 0.4) is 0 Å². The van der Waals surface area contributed by atoms with Crippen molar-refractivity contribution in [2.24, 2.45) is 17.8 Å². The number of amides is 2. The molecule has 0 aromatic carbocycles. The molecule has 4 atom stereocenters. The Balaban J connectivity index is 1.36. The van der Waals surface area contributed by atoms with Gasteiger partial charge in [0.25, 0.3) is 0 Å². The summed E-state index contributed by atoms with van der Waals surface area (Å²) >= 11 is 1.70. The lowest BCUT2D eigenvalue weighted by atomic mass is 9.72. The molecule has 4 fully saturated rings. The van der Waals surface area contributed by atoms with Crippen LogP contribution in [-0.4, -0.2) is 53.4 Å². The van der Waals surface area contributed by atoms with Gasteiger partial charge in [-0.1, -0.05) is 6.42 Å². The van der Waals surface area contributed by atoms with E-state index in [0.717, 1.165) is 43.9 Å². The predicted molar refractivity (Wildman–Crippen MR) is 105 cm³/mol. The van der Waals surface area contributed by atoms with Crippen LogP contribution >= 0.6 is 11.3 Å². The Kier molecular flexibility index (Phi) is 4.58. The number of carbonyl (C=O) groups excluding carboxylic acids is 2. The molecule has 4 heterocycles. The Labute approximate surface area is 164 Å². The highest BCUT2D eigenvalue weighted by Crippen LogP contribution is 2.42. The van der Waals surface area contributed by atoms with Gasteiger partial charge in [0.1, 0.15) is 0 Å². The maximum atomic E-state index is 12.8. The number of carbonyl (C=O) groups is 2. The van der Waals surface area contributed by atoms with Crippen molar-refractivity contribution in [3.63, 3.8) is 0 Å². The number of piperidine rings is 3.